The summed E-state index contributed by atoms with van der Waals surface area (Å²) in [5.74, 6) is 0.808. The van der Waals surface area contributed by atoms with Gasteiger partial charge in [0, 0.05) is 12.1 Å². The topological polar surface area (TPSA) is 32.3 Å². The van der Waals surface area contributed by atoms with E-state index in [1.54, 1.807) is 0 Å². The molecule has 0 amide bonds. The molecule has 0 radical (unpaired) electrons. The summed E-state index contributed by atoms with van der Waals surface area (Å²) < 4.78 is 0. The van der Waals surface area contributed by atoms with Crippen LogP contribution in [-0.4, -0.2) is 23.8 Å². The van der Waals surface area contributed by atoms with Crippen LogP contribution in [0.2, 0.25) is 0 Å². The van der Waals surface area contributed by atoms with Crippen molar-refractivity contribution in [2.24, 2.45) is 11.3 Å². The van der Waals surface area contributed by atoms with Crippen LogP contribution in [0.25, 0.3) is 0 Å². The summed E-state index contributed by atoms with van der Waals surface area (Å²) in [5, 5.41) is 12.5. The zero-order valence-electron chi connectivity index (χ0n) is 10.0. The summed E-state index contributed by atoms with van der Waals surface area (Å²) in [5.41, 5.74) is 0.463. The standard InChI is InChI=1S/C12H25NO/c1-9-5-11(13-10(2)8-14)7-12(3,4)6-9/h9-11,13-14H,5-8H2,1-4H3/t9-,10?,11?/m0/s1. The molecule has 14 heavy (non-hydrogen) atoms. The summed E-state index contributed by atoms with van der Waals surface area (Å²) in [6.07, 6.45) is 3.83. The van der Waals surface area contributed by atoms with Gasteiger partial charge in [0.15, 0.2) is 0 Å². The maximum atomic E-state index is 9.00. The van der Waals surface area contributed by atoms with Crippen molar-refractivity contribution < 1.29 is 5.11 Å². The zero-order chi connectivity index (χ0) is 10.8. The van der Waals surface area contributed by atoms with Crippen LogP contribution in [0.15, 0.2) is 0 Å². The van der Waals surface area contributed by atoms with Gasteiger partial charge >= 0.3 is 0 Å². The third-order valence-corrected chi connectivity index (χ3v) is 3.18. The average molecular weight is 199 g/mol. The molecule has 1 rings (SSSR count). The number of nitrogens with one attached hydrogen (secondary N) is 1. The highest BCUT2D eigenvalue weighted by Gasteiger charge is 2.32. The summed E-state index contributed by atoms with van der Waals surface area (Å²) >= 11 is 0. The lowest BCUT2D eigenvalue weighted by Crippen LogP contribution is -2.45. The van der Waals surface area contributed by atoms with Crippen molar-refractivity contribution in [3.8, 4) is 0 Å². The van der Waals surface area contributed by atoms with Gasteiger partial charge in [0.1, 0.15) is 0 Å². The molecule has 0 aromatic carbocycles. The molecular formula is C12H25NO. The van der Waals surface area contributed by atoms with Crippen molar-refractivity contribution in [2.45, 2.75) is 59.0 Å². The van der Waals surface area contributed by atoms with Gasteiger partial charge in [-0.15, -0.1) is 0 Å². The predicted octanol–water partition coefficient (Wildman–Crippen LogP) is 2.17. The molecule has 1 fully saturated rings. The molecule has 0 aromatic heterocycles. The Morgan fingerprint density at radius 3 is 2.57 bits per heavy atom. The smallest absolute Gasteiger partial charge is 0.0582 e. The first-order chi connectivity index (χ1) is 6.43. The number of hydrogen-bond acceptors (Lipinski definition) is 2. The van der Waals surface area contributed by atoms with Gasteiger partial charge in [0.2, 0.25) is 0 Å². The summed E-state index contributed by atoms with van der Waals surface area (Å²) in [7, 11) is 0. The van der Waals surface area contributed by atoms with Crippen molar-refractivity contribution in [3.63, 3.8) is 0 Å². The third kappa shape index (κ3) is 3.58. The first kappa shape index (κ1) is 12.0. The van der Waals surface area contributed by atoms with E-state index in [1.165, 1.54) is 19.3 Å². The molecule has 0 spiro atoms. The monoisotopic (exact) mass is 199 g/mol. The fraction of sp³-hybridized carbons (Fsp3) is 1.00. The molecular weight excluding hydrogens is 174 g/mol. The molecule has 0 aliphatic heterocycles. The minimum absolute atomic E-state index is 0.237. The van der Waals surface area contributed by atoms with Gasteiger partial charge < -0.3 is 10.4 Å². The highest BCUT2D eigenvalue weighted by Crippen LogP contribution is 2.38. The van der Waals surface area contributed by atoms with E-state index in [0.29, 0.717) is 11.5 Å². The van der Waals surface area contributed by atoms with Crippen LogP contribution in [0.4, 0.5) is 0 Å². The lowest BCUT2D eigenvalue weighted by Gasteiger charge is -2.40. The lowest BCUT2D eigenvalue weighted by atomic mass is 9.70. The van der Waals surface area contributed by atoms with Gasteiger partial charge in [0.05, 0.1) is 6.61 Å². The molecule has 0 bridgehead atoms. The molecule has 3 atom stereocenters. The maximum Gasteiger partial charge on any atom is 0.0582 e. The maximum absolute atomic E-state index is 9.00. The number of rotatable bonds is 3. The quantitative estimate of drug-likeness (QED) is 0.730. The van der Waals surface area contributed by atoms with Crippen LogP contribution in [0, 0.1) is 11.3 Å². The highest BCUT2D eigenvalue weighted by atomic mass is 16.3. The third-order valence-electron chi connectivity index (χ3n) is 3.18. The van der Waals surface area contributed by atoms with E-state index in [2.05, 4.69) is 26.1 Å². The predicted molar refractivity (Wildman–Crippen MR) is 60.3 cm³/mol. The van der Waals surface area contributed by atoms with Gasteiger partial charge in [-0.2, -0.15) is 0 Å². The first-order valence-corrected chi connectivity index (χ1v) is 5.80. The van der Waals surface area contributed by atoms with Gasteiger partial charge in [-0.1, -0.05) is 20.8 Å². The summed E-state index contributed by atoms with van der Waals surface area (Å²) in [4.78, 5) is 0. The van der Waals surface area contributed by atoms with E-state index < -0.39 is 0 Å². The molecule has 2 heteroatoms. The molecule has 1 aliphatic carbocycles. The highest BCUT2D eigenvalue weighted by molar-refractivity contribution is 4.87. The summed E-state index contributed by atoms with van der Waals surface area (Å²) in [6, 6.07) is 0.831. The van der Waals surface area contributed by atoms with Crippen molar-refractivity contribution in [1.82, 2.24) is 5.32 Å². The fourth-order valence-electron chi connectivity index (χ4n) is 2.93. The van der Waals surface area contributed by atoms with Gasteiger partial charge in [0.25, 0.3) is 0 Å². The molecule has 2 unspecified atom stereocenters. The largest absolute Gasteiger partial charge is 0.395 e. The van der Waals surface area contributed by atoms with Gasteiger partial charge in [-0.3, -0.25) is 0 Å². The van der Waals surface area contributed by atoms with E-state index in [1.807, 2.05) is 6.92 Å². The van der Waals surface area contributed by atoms with Crippen molar-refractivity contribution in [3.05, 3.63) is 0 Å². The molecule has 0 saturated heterocycles. The van der Waals surface area contributed by atoms with Gasteiger partial charge in [-0.25, -0.2) is 0 Å². The van der Waals surface area contributed by atoms with Crippen LogP contribution in [-0.2, 0) is 0 Å². The molecule has 0 aromatic rings. The lowest BCUT2D eigenvalue weighted by molar-refractivity contribution is 0.135. The first-order valence-electron chi connectivity index (χ1n) is 5.80. The molecule has 1 saturated carbocycles. The van der Waals surface area contributed by atoms with Crippen LogP contribution in [0.3, 0.4) is 0 Å². The van der Waals surface area contributed by atoms with Crippen LogP contribution < -0.4 is 5.32 Å². The minimum atomic E-state index is 0.237. The van der Waals surface area contributed by atoms with E-state index in [-0.39, 0.29) is 12.6 Å². The van der Waals surface area contributed by atoms with Crippen molar-refractivity contribution in [2.75, 3.05) is 6.61 Å². The minimum Gasteiger partial charge on any atom is -0.395 e. The normalized spacial score (nSPS) is 34.1. The van der Waals surface area contributed by atoms with Crippen LogP contribution in [0.5, 0.6) is 0 Å². The van der Waals surface area contributed by atoms with Crippen molar-refractivity contribution in [1.29, 1.82) is 0 Å². The van der Waals surface area contributed by atoms with E-state index in [4.69, 9.17) is 5.11 Å². The molecule has 1 aliphatic rings. The summed E-state index contributed by atoms with van der Waals surface area (Å²) in [6.45, 7) is 9.32. The molecule has 0 heterocycles. The number of hydrogen-bond donors (Lipinski definition) is 2. The average Bonchev–Trinajstić information content (AvgIpc) is 1.99. The Bertz CT molecular complexity index is 179. The van der Waals surface area contributed by atoms with Crippen LogP contribution >= 0.6 is 0 Å². The Hall–Kier alpha value is -0.0800. The van der Waals surface area contributed by atoms with E-state index in [0.717, 1.165) is 5.92 Å². The van der Waals surface area contributed by atoms with E-state index in [9.17, 15) is 0 Å². The van der Waals surface area contributed by atoms with E-state index >= 15 is 0 Å². The fourth-order valence-corrected chi connectivity index (χ4v) is 2.93. The molecule has 84 valence electrons. The van der Waals surface area contributed by atoms with Crippen molar-refractivity contribution >= 4 is 0 Å². The van der Waals surface area contributed by atoms with Crippen LogP contribution in [0.1, 0.15) is 47.0 Å². The number of aliphatic hydroxyl groups is 1. The Kier molecular flexibility index (Phi) is 3.96. The van der Waals surface area contributed by atoms with Gasteiger partial charge in [-0.05, 0) is 37.5 Å². The Morgan fingerprint density at radius 2 is 2.07 bits per heavy atom. The second kappa shape index (κ2) is 4.63. The second-order valence-electron chi connectivity index (χ2n) is 5.86. The zero-order valence-corrected chi connectivity index (χ0v) is 10.0. The Labute approximate surface area is 88.1 Å². The second-order valence-corrected chi connectivity index (χ2v) is 5.86. The number of aliphatic hydroxyl groups excluding tert-OH is 1. The SMILES string of the molecule is CC(CO)NC1C[C@H](C)CC(C)(C)C1. The molecule has 2 N–H and O–H groups in total. The molecule has 2 nitrogen and oxygen atoms in total. The Balaban J connectivity index is 2.45. The Morgan fingerprint density at radius 1 is 1.43 bits per heavy atom.